The van der Waals surface area contributed by atoms with Crippen LogP contribution in [0.3, 0.4) is 0 Å². The molecule has 0 spiro atoms. The van der Waals surface area contributed by atoms with Gasteiger partial charge in [-0.05, 0) is 83.9 Å². The lowest BCUT2D eigenvalue weighted by atomic mass is 10.00. The van der Waals surface area contributed by atoms with Crippen LogP contribution in [0.4, 0.5) is 0 Å². The van der Waals surface area contributed by atoms with Crippen LogP contribution in [-0.2, 0) is 33.6 Å². The van der Waals surface area contributed by atoms with Gasteiger partial charge in [-0.3, -0.25) is 33.6 Å². The Morgan fingerprint density at radius 3 is 1.81 bits per heavy atom. The van der Waals surface area contributed by atoms with Crippen LogP contribution in [0.15, 0.2) is 0 Å². The molecule has 57 heavy (non-hydrogen) atoms. The van der Waals surface area contributed by atoms with Crippen molar-refractivity contribution in [3.63, 3.8) is 0 Å². The molecular formula is C41H76N6O9S. The lowest BCUT2D eigenvalue weighted by molar-refractivity contribution is -0.140. The van der Waals surface area contributed by atoms with E-state index in [0.29, 0.717) is 38.1 Å². The summed E-state index contributed by atoms with van der Waals surface area (Å²) in [7, 11) is 0. The number of nitrogens with two attached hydrogens (primary N) is 1. The fraction of sp³-hybridized carbons (Fsp3) is 0.829. The van der Waals surface area contributed by atoms with E-state index >= 15 is 0 Å². The van der Waals surface area contributed by atoms with Crippen molar-refractivity contribution in [1.29, 1.82) is 0 Å². The number of aliphatic hydroxyl groups is 1. The molecular weight excluding hydrogens is 753 g/mol. The summed E-state index contributed by atoms with van der Waals surface area (Å²) in [5.41, 5.74) is 5.64. The van der Waals surface area contributed by atoms with Crippen molar-refractivity contribution >= 4 is 52.9 Å². The van der Waals surface area contributed by atoms with Gasteiger partial charge < -0.3 is 42.5 Å². The van der Waals surface area contributed by atoms with Crippen molar-refractivity contribution in [2.45, 2.75) is 192 Å². The SMILES string of the molecule is CCCCCCCC.CSCCC1NC(=O)[C@H](CCCCN)NC(=O)C(CCC(=O)O)NC(=O)[C@H]([C@@H](C)O)NC(=O)CCCCCCCCCNC(C)C(=O)C1=O. The summed E-state index contributed by atoms with van der Waals surface area (Å²) in [4.78, 5) is 90.9. The smallest absolute Gasteiger partial charge is 0.303 e. The van der Waals surface area contributed by atoms with Gasteiger partial charge in [0.2, 0.25) is 35.2 Å². The van der Waals surface area contributed by atoms with Gasteiger partial charge in [-0.25, -0.2) is 0 Å². The maximum Gasteiger partial charge on any atom is 0.303 e. The van der Waals surface area contributed by atoms with Crippen molar-refractivity contribution in [2.24, 2.45) is 5.73 Å². The molecule has 1 fully saturated rings. The summed E-state index contributed by atoms with van der Waals surface area (Å²) in [6.45, 7) is 8.29. The number of hydrogen-bond donors (Lipinski definition) is 8. The number of Topliss-reactive ketones (excluding diaryl/α,β-unsaturated/α-hetero) is 2. The predicted molar refractivity (Wildman–Crippen MR) is 226 cm³/mol. The van der Waals surface area contributed by atoms with E-state index in [9.17, 15) is 43.8 Å². The number of aliphatic carboxylic acids is 1. The molecule has 1 aliphatic heterocycles. The highest BCUT2D eigenvalue weighted by atomic mass is 32.2. The summed E-state index contributed by atoms with van der Waals surface area (Å²) in [6.07, 6.45) is 15.4. The molecule has 1 aliphatic rings. The Kier molecular flexibility index (Phi) is 32.0. The lowest BCUT2D eigenvalue weighted by Crippen LogP contribution is -2.59. The van der Waals surface area contributed by atoms with Gasteiger partial charge in [0.15, 0.2) is 0 Å². The standard InChI is InChI=1S/C33H58N6O9S.C8H18/c1-21-29(44)30(45)23(17-20-49-3)36-31(46)24(13-10-11-18-34)37-32(47)25(15-16-27(42)43)38-33(48)28(22(2)40)39-26(41)14-9-7-5-4-6-8-12-19-35-21;1-3-5-7-8-6-4-2/h21-25,28,35,40H,4-20,34H2,1-3H3,(H,36,46)(H,37,47)(H,38,48)(H,39,41)(H,42,43);3-8H2,1-2H3/t21?,22-,23?,24+,25?,28+;/m1./s1. The van der Waals surface area contributed by atoms with E-state index in [4.69, 9.17) is 5.73 Å². The second-order valence-corrected chi connectivity index (χ2v) is 16.0. The summed E-state index contributed by atoms with van der Waals surface area (Å²) in [6, 6.07) is -5.96. The van der Waals surface area contributed by atoms with Gasteiger partial charge >= 0.3 is 5.97 Å². The highest BCUT2D eigenvalue weighted by Gasteiger charge is 2.34. The highest BCUT2D eigenvalue weighted by Crippen LogP contribution is 2.12. The number of nitrogens with one attached hydrogen (secondary N) is 5. The molecule has 4 amide bonds. The summed E-state index contributed by atoms with van der Waals surface area (Å²) in [5.74, 6) is -5.11. The minimum atomic E-state index is -1.44. The number of hydrogen-bond acceptors (Lipinski definition) is 11. The first-order chi connectivity index (χ1) is 27.2. The normalized spacial score (nSPS) is 23.7. The van der Waals surface area contributed by atoms with Gasteiger partial charge in [0.1, 0.15) is 18.1 Å². The molecule has 1 heterocycles. The van der Waals surface area contributed by atoms with Crippen LogP contribution in [0.2, 0.25) is 0 Å². The van der Waals surface area contributed by atoms with E-state index < -0.39 is 83.9 Å². The molecule has 0 radical (unpaired) electrons. The predicted octanol–water partition coefficient (Wildman–Crippen LogP) is 3.67. The molecule has 0 aliphatic carbocycles. The second kappa shape index (κ2) is 33.8. The van der Waals surface area contributed by atoms with Crippen LogP contribution in [0.25, 0.3) is 0 Å². The van der Waals surface area contributed by atoms with Gasteiger partial charge in [0.05, 0.1) is 18.2 Å². The van der Waals surface area contributed by atoms with Gasteiger partial charge in [-0.2, -0.15) is 11.8 Å². The van der Waals surface area contributed by atoms with E-state index in [1.54, 1.807) is 6.92 Å². The maximum absolute atomic E-state index is 13.6. The van der Waals surface area contributed by atoms with Crippen molar-refractivity contribution in [3.05, 3.63) is 0 Å². The van der Waals surface area contributed by atoms with E-state index in [-0.39, 0.29) is 25.7 Å². The molecule has 16 heteroatoms. The number of carboxylic acids is 1. The third-order valence-electron chi connectivity index (χ3n) is 9.81. The zero-order chi connectivity index (χ0) is 43.0. The number of thioether (sulfide) groups is 1. The molecule has 1 saturated heterocycles. The first-order valence-electron chi connectivity index (χ1n) is 21.3. The number of aliphatic hydroxyl groups excluding tert-OH is 1. The van der Waals surface area contributed by atoms with Crippen LogP contribution in [-0.4, -0.2) is 113 Å². The largest absolute Gasteiger partial charge is 0.481 e. The van der Waals surface area contributed by atoms with Crippen molar-refractivity contribution in [1.82, 2.24) is 26.6 Å². The van der Waals surface area contributed by atoms with E-state index in [2.05, 4.69) is 40.4 Å². The third-order valence-corrected chi connectivity index (χ3v) is 10.5. The quantitative estimate of drug-likeness (QED) is 0.0821. The molecule has 3 unspecified atom stereocenters. The summed E-state index contributed by atoms with van der Waals surface area (Å²) in [5, 5.41) is 32.9. The Balaban J connectivity index is 0.00000351. The summed E-state index contributed by atoms with van der Waals surface area (Å²) < 4.78 is 0. The molecule has 0 aromatic rings. The molecule has 0 aromatic carbocycles. The first-order valence-corrected chi connectivity index (χ1v) is 22.7. The van der Waals surface area contributed by atoms with Crippen LogP contribution in [0.1, 0.15) is 156 Å². The molecule has 1 rings (SSSR count). The average Bonchev–Trinajstić information content (AvgIpc) is 3.17. The van der Waals surface area contributed by atoms with Crippen molar-refractivity contribution < 1.29 is 43.8 Å². The van der Waals surface area contributed by atoms with E-state index in [0.717, 1.165) is 38.5 Å². The number of rotatable bonds is 16. The second-order valence-electron chi connectivity index (χ2n) is 15.0. The molecule has 15 nitrogen and oxygen atoms in total. The minimum Gasteiger partial charge on any atom is -0.481 e. The van der Waals surface area contributed by atoms with E-state index in [1.807, 2.05) is 6.26 Å². The monoisotopic (exact) mass is 829 g/mol. The van der Waals surface area contributed by atoms with Crippen molar-refractivity contribution in [3.8, 4) is 0 Å². The third kappa shape index (κ3) is 25.8. The van der Waals surface area contributed by atoms with Crippen LogP contribution < -0.4 is 32.3 Å². The Bertz CT molecular complexity index is 1190. The number of ketones is 2. The average molecular weight is 829 g/mol. The lowest BCUT2D eigenvalue weighted by Gasteiger charge is -2.27. The molecule has 0 bridgehead atoms. The summed E-state index contributed by atoms with van der Waals surface area (Å²) >= 11 is 1.44. The topological polar surface area (TPSA) is 246 Å². The number of amides is 4. The number of carbonyl (C=O) groups excluding carboxylic acids is 6. The fourth-order valence-electron chi connectivity index (χ4n) is 6.20. The Hall–Kier alpha value is -3.08. The molecule has 9 N–H and O–H groups in total. The van der Waals surface area contributed by atoms with Gasteiger partial charge in [0.25, 0.3) is 0 Å². The molecule has 0 aromatic heterocycles. The zero-order valence-corrected chi connectivity index (χ0v) is 36.3. The van der Waals surface area contributed by atoms with E-state index in [1.165, 1.54) is 57.2 Å². The number of unbranched alkanes of at least 4 members (excludes halogenated alkanes) is 6. The molecule has 0 saturated carbocycles. The molecule has 6 atom stereocenters. The number of carboxylic acid groups (broad SMARTS) is 1. The zero-order valence-electron chi connectivity index (χ0n) is 35.5. The van der Waals surface area contributed by atoms with Crippen molar-refractivity contribution in [2.75, 3.05) is 25.1 Å². The Labute approximate surface area is 345 Å². The van der Waals surface area contributed by atoms with Gasteiger partial charge in [-0.15, -0.1) is 0 Å². The van der Waals surface area contributed by atoms with Gasteiger partial charge in [0, 0.05) is 12.8 Å². The minimum absolute atomic E-state index is 0.107. The Morgan fingerprint density at radius 2 is 1.26 bits per heavy atom. The van der Waals surface area contributed by atoms with Crippen LogP contribution in [0.5, 0.6) is 0 Å². The highest BCUT2D eigenvalue weighted by molar-refractivity contribution is 7.98. The Morgan fingerprint density at radius 1 is 0.719 bits per heavy atom. The number of carbonyl (C=O) groups is 7. The molecule has 330 valence electrons. The van der Waals surface area contributed by atoms with Gasteiger partial charge in [-0.1, -0.05) is 84.5 Å². The fourth-order valence-corrected chi connectivity index (χ4v) is 6.68. The van der Waals surface area contributed by atoms with Crippen LogP contribution >= 0.6 is 11.8 Å². The maximum atomic E-state index is 13.6. The van der Waals surface area contributed by atoms with Crippen LogP contribution in [0, 0.1) is 0 Å². The first kappa shape index (κ1) is 53.9.